The minimum atomic E-state index is -0.616. The third-order valence-electron chi connectivity index (χ3n) is 4.53. The van der Waals surface area contributed by atoms with Crippen molar-refractivity contribution in [2.45, 2.75) is 0 Å². The van der Waals surface area contributed by atoms with Crippen LogP contribution in [-0.4, -0.2) is 28.1 Å². The smallest absolute Gasteiger partial charge is 0.282 e. The van der Waals surface area contributed by atoms with E-state index in [0.29, 0.717) is 22.8 Å². The first kappa shape index (κ1) is 19.8. The molecule has 4 rings (SSSR count). The van der Waals surface area contributed by atoms with E-state index in [9.17, 15) is 14.9 Å². The average Bonchev–Trinajstić information content (AvgIpc) is 3.29. The highest BCUT2D eigenvalue weighted by molar-refractivity contribution is 6.08. The lowest BCUT2D eigenvalue weighted by atomic mass is 10.1. The third kappa shape index (κ3) is 4.10. The molecule has 31 heavy (non-hydrogen) atoms. The van der Waals surface area contributed by atoms with Crippen molar-refractivity contribution in [3.05, 3.63) is 88.5 Å². The predicted molar refractivity (Wildman–Crippen MR) is 113 cm³/mol. The van der Waals surface area contributed by atoms with Gasteiger partial charge in [0.15, 0.2) is 0 Å². The molecule has 0 unspecified atom stereocenters. The summed E-state index contributed by atoms with van der Waals surface area (Å²) in [5, 5.41) is 17.9. The Hall–Kier alpha value is -4.53. The molecule has 4 aromatic rings. The fourth-order valence-corrected chi connectivity index (χ4v) is 2.98. The van der Waals surface area contributed by atoms with Gasteiger partial charge >= 0.3 is 0 Å². The van der Waals surface area contributed by atoms with Crippen LogP contribution >= 0.6 is 0 Å². The Morgan fingerprint density at radius 1 is 1.03 bits per heavy atom. The second-order valence-electron chi connectivity index (χ2n) is 6.43. The van der Waals surface area contributed by atoms with Crippen LogP contribution in [-0.2, 0) is 0 Å². The van der Waals surface area contributed by atoms with E-state index in [4.69, 9.17) is 9.26 Å². The van der Waals surface area contributed by atoms with Crippen molar-refractivity contribution in [3.8, 4) is 28.6 Å². The number of methoxy groups -OCH3 is 1. The summed E-state index contributed by atoms with van der Waals surface area (Å²) in [7, 11) is 1.58. The number of para-hydroxylation sites is 2. The van der Waals surface area contributed by atoms with E-state index in [1.807, 2.05) is 0 Å². The van der Waals surface area contributed by atoms with E-state index in [1.165, 1.54) is 18.2 Å². The number of nitro benzene ring substituents is 1. The van der Waals surface area contributed by atoms with E-state index in [0.717, 1.165) is 5.56 Å². The molecule has 1 aromatic heterocycles. The number of carbonyl (C=O) groups is 1. The van der Waals surface area contributed by atoms with Crippen molar-refractivity contribution in [1.29, 1.82) is 0 Å². The zero-order valence-electron chi connectivity index (χ0n) is 16.3. The summed E-state index contributed by atoms with van der Waals surface area (Å²) in [6, 6.07) is 19.7. The molecule has 0 aliphatic rings. The van der Waals surface area contributed by atoms with Crippen LogP contribution < -0.4 is 10.1 Å². The van der Waals surface area contributed by atoms with Crippen LogP contribution in [0.5, 0.6) is 5.75 Å². The maximum absolute atomic E-state index is 12.7. The molecule has 9 heteroatoms. The van der Waals surface area contributed by atoms with E-state index in [2.05, 4.69) is 15.5 Å². The van der Waals surface area contributed by atoms with Crippen LogP contribution in [0.4, 0.5) is 11.4 Å². The van der Waals surface area contributed by atoms with Crippen molar-refractivity contribution in [2.75, 3.05) is 12.4 Å². The molecule has 0 fully saturated rings. The molecule has 154 valence electrons. The highest BCUT2D eigenvalue weighted by Gasteiger charge is 2.21. The van der Waals surface area contributed by atoms with Gasteiger partial charge in [0.2, 0.25) is 5.82 Å². The molecule has 0 spiro atoms. The third-order valence-corrected chi connectivity index (χ3v) is 4.53. The number of hydrogen-bond acceptors (Lipinski definition) is 7. The van der Waals surface area contributed by atoms with Gasteiger partial charge in [0.25, 0.3) is 17.5 Å². The molecule has 1 N–H and O–H groups in total. The van der Waals surface area contributed by atoms with Crippen LogP contribution in [0.2, 0.25) is 0 Å². The highest BCUT2D eigenvalue weighted by atomic mass is 16.6. The van der Waals surface area contributed by atoms with E-state index >= 15 is 0 Å². The van der Waals surface area contributed by atoms with Crippen molar-refractivity contribution in [1.82, 2.24) is 10.1 Å². The SMILES string of the molecule is COc1ccc(-c2noc(-c3ccccc3NC(=O)c3ccccc3[N+](=O)[O-])n2)cc1. The molecule has 1 amide bonds. The number of rotatable bonds is 6. The van der Waals surface area contributed by atoms with Gasteiger partial charge in [-0.1, -0.05) is 29.4 Å². The van der Waals surface area contributed by atoms with Crippen LogP contribution in [0, 0.1) is 10.1 Å². The summed E-state index contributed by atoms with van der Waals surface area (Å²) in [4.78, 5) is 27.8. The Morgan fingerprint density at radius 3 is 2.48 bits per heavy atom. The van der Waals surface area contributed by atoms with Gasteiger partial charge < -0.3 is 14.6 Å². The Morgan fingerprint density at radius 2 is 1.74 bits per heavy atom. The number of nitro groups is 1. The number of nitrogens with zero attached hydrogens (tertiary/aromatic N) is 3. The number of hydrogen-bond donors (Lipinski definition) is 1. The molecule has 0 aliphatic heterocycles. The zero-order chi connectivity index (χ0) is 21.8. The highest BCUT2D eigenvalue weighted by Crippen LogP contribution is 2.30. The summed E-state index contributed by atoms with van der Waals surface area (Å²) in [6.45, 7) is 0. The summed E-state index contributed by atoms with van der Waals surface area (Å²) < 4.78 is 10.5. The summed E-state index contributed by atoms with van der Waals surface area (Å²) in [5.74, 6) is 0.659. The summed E-state index contributed by atoms with van der Waals surface area (Å²) in [5.41, 5.74) is 1.28. The molecule has 0 radical (unpaired) electrons. The minimum Gasteiger partial charge on any atom is -0.497 e. The number of ether oxygens (including phenoxy) is 1. The fourth-order valence-electron chi connectivity index (χ4n) is 2.98. The minimum absolute atomic E-state index is 0.0493. The first-order valence-electron chi connectivity index (χ1n) is 9.19. The molecule has 1 heterocycles. The number of amides is 1. The molecular formula is C22H16N4O5. The second kappa shape index (κ2) is 8.46. The van der Waals surface area contributed by atoms with Crippen LogP contribution in [0.1, 0.15) is 10.4 Å². The lowest BCUT2D eigenvalue weighted by molar-refractivity contribution is -0.385. The largest absolute Gasteiger partial charge is 0.497 e. The summed E-state index contributed by atoms with van der Waals surface area (Å²) in [6.07, 6.45) is 0. The Bertz CT molecular complexity index is 1250. The van der Waals surface area contributed by atoms with Crippen molar-refractivity contribution < 1.29 is 19.0 Å². The van der Waals surface area contributed by atoms with Crippen molar-refractivity contribution in [3.63, 3.8) is 0 Å². The Labute approximate surface area is 176 Å². The van der Waals surface area contributed by atoms with Gasteiger partial charge in [-0.05, 0) is 42.5 Å². The second-order valence-corrected chi connectivity index (χ2v) is 6.43. The van der Waals surface area contributed by atoms with Gasteiger partial charge in [-0.2, -0.15) is 4.98 Å². The van der Waals surface area contributed by atoms with E-state index < -0.39 is 10.8 Å². The summed E-state index contributed by atoms with van der Waals surface area (Å²) >= 11 is 0. The van der Waals surface area contributed by atoms with Crippen molar-refractivity contribution >= 4 is 17.3 Å². The Balaban J connectivity index is 1.63. The van der Waals surface area contributed by atoms with E-state index in [1.54, 1.807) is 61.7 Å². The number of benzene rings is 3. The van der Waals surface area contributed by atoms with Gasteiger partial charge in [-0.25, -0.2) is 0 Å². The molecular weight excluding hydrogens is 400 g/mol. The molecule has 9 nitrogen and oxygen atoms in total. The lowest BCUT2D eigenvalue weighted by Crippen LogP contribution is -2.14. The van der Waals surface area contributed by atoms with Gasteiger partial charge in [0, 0.05) is 11.6 Å². The van der Waals surface area contributed by atoms with Gasteiger partial charge in [-0.15, -0.1) is 0 Å². The van der Waals surface area contributed by atoms with Crippen LogP contribution in [0.15, 0.2) is 77.3 Å². The molecule has 0 saturated carbocycles. The molecule has 0 atom stereocenters. The van der Waals surface area contributed by atoms with Crippen LogP contribution in [0.25, 0.3) is 22.8 Å². The molecule has 3 aromatic carbocycles. The number of aromatic nitrogens is 2. The quantitative estimate of drug-likeness (QED) is 0.361. The molecule has 0 saturated heterocycles. The molecule has 0 bridgehead atoms. The monoisotopic (exact) mass is 416 g/mol. The Kier molecular flexibility index (Phi) is 5.39. The molecule has 0 aliphatic carbocycles. The predicted octanol–water partition coefficient (Wildman–Crippen LogP) is 4.57. The standard InChI is InChI=1S/C22H16N4O5/c1-30-15-12-10-14(11-13-15)20-24-22(31-25-20)16-6-2-4-8-18(16)23-21(27)17-7-3-5-9-19(17)26(28)29/h2-13H,1H3,(H,23,27). The number of anilines is 1. The van der Waals surface area contributed by atoms with Crippen LogP contribution in [0.3, 0.4) is 0 Å². The fraction of sp³-hybridized carbons (Fsp3) is 0.0455. The average molecular weight is 416 g/mol. The zero-order valence-corrected chi connectivity index (χ0v) is 16.3. The first-order chi connectivity index (χ1) is 15.1. The van der Waals surface area contributed by atoms with Gasteiger partial charge in [-0.3, -0.25) is 14.9 Å². The van der Waals surface area contributed by atoms with Gasteiger partial charge in [0.1, 0.15) is 11.3 Å². The van der Waals surface area contributed by atoms with E-state index in [-0.39, 0.29) is 17.1 Å². The normalized spacial score (nSPS) is 10.5. The topological polar surface area (TPSA) is 120 Å². The number of nitrogens with one attached hydrogen (secondary N) is 1. The number of carbonyl (C=O) groups excluding carboxylic acids is 1. The first-order valence-corrected chi connectivity index (χ1v) is 9.19. The van der Waals surface area contributed by atoms with Gasteiger partial charge in [0.05, 0.1) is 23.3 Å². The maximum atomic E-state index is 12.7. The lowest BCUT2D eigenvalue weighted by Gasteiger charge is -2.08. The maximum Gasteiger partial charge on any atom is 0.282 e. The van der Waals surface area contributed by atoms with Crippen molar-refractivity contribution in [2.24, 2.45) is 0 Å².